The average molecular weight is 329 g/mol. The second-order valence-electron chi connectivity index (χ2n) is 5.25. The second-order valence-corrected chi connectivity index (χ2v) is 7.34. The zero-order chi connectivity index (χ0) is 15.6. The fourth-order valence-electron chi connectivity index (χ4n) is 2.23. The molecule has 2 N–H and O–H groups in total. The number of carbonyl (C=O) groups is 2. The first kappa shape index (κ1) is 16.1. The summed E-state index contributed by atoms with van der Waals surface area (Å²) in [6, 6.07) is -1.08. The summed E-state index contributed by atoms with van der Waals surface area (Å²) in [5.41, 5.74) is 2.63. The SMILES string of the molecule is Cc1ncsc1CNC(=O)N1C(C(=O)O)CSC1C(C)C. The van der Waals surface area contributed by atoms with Crippen molar-refractivity contribution in [2.24, 2.45) is 5.92 Å². The number of thioether (sulfide) groups is 1. The summed E-state index contributed by atoms with van der Waals surface area (Å²) in [6.45, 7) is 6.26. The van der Waals surface area contributed by atoms with Gasteiger partial charge >= 0.3 is 12.0 Å². The number of urea groups is 1. The number of amides is 2. The highest BCUT2D eigenvalue weighted by Gasteiger charge is 2.42. The highest BCUT2D eigenvalue weighted by molar-refractivity contribution is 8.00. The average Bonchev–Trinajstić information content (AvgIpc) is 3.02. The summed E-state index contributed by atoms with van der Waals surface area (Å²) < 4.78 is 0. The first-order chi connectivity index (χ1) is 9.91. The molecule has 21 heavy (non-hydrogen) atoms. The maximum Gasteiger partial charge on any atom is 0.327 e. The molecule has 0 aliphatic carbocycles. The number of nitrogens with one attached hydrogen (secondary N) is 1. The highest BCUT2D eigenvalue weighted by Crippen LogP contribution is 2.34. The standard InChI is InChI=1S/C13H19N3O3S2/c1-7(2)11-16(9(5-20-11)12(17)18)13(19)14-4-10-8(3)15-6-21-10/h6-7,9,11H,4-5H2,1-3H3,(H,14,19)(H,17,18). The van der Waals surface area contributed by atoms with Crippen LogP contribution in [-0.4, -0.2) is 44.2 Å². The Labute approximate surface area is 131 Å². The molecule has 2 heterocycles. The Morgan fingerprint density at radius 3 is 2.81 bits per heavy atom. The fourth-order valence-corrected chi connectivity index (χ4v) is 4.42. The van der Waals surface area contributed by atoms with Gasteiger partial charge in [0.1, 0.15) is 6.04 Å². The number of hydrogen-bond donors (Lipinski definition) is 2. The van der Waals surface area contributed by atoms with Crippen molar-refractivity contribution < 1.29 is 14.7 Å². The van der Waals surface area contributed by atoms with Crippen LogP contribution in [0.3, 0.4) is 0 Å². The van der Waals surface area contributed by atoms with E-state index in [2.05, 4.69) is 10.3 Å². The molecule has 0 spiro atoms. The Morgan fingerprint density at radius 2 is 2.29 bits per heavy atom. The van der Waals surface area contributed by atoms with E-state index in [0.29, 0.717) is 12.3 Å². The number of rotatable bonds is 4. The summed E-state index contributed by atoms with van der Waals surface area (Å²) in [7, 11) is 0. The van der Waals surface area contributed by atoms with Gasteiger partial charge in [-0.2, -0.15) is 0 Å². The summed E-state index contributed by atoms with van der Waals surface area (Å²) in [5.74, 6) is -0.310. The first-order valence-corrected chi connectivity index (χ1v) is 8.64. The van der Waals surface area contributed by atoms with Gasteiger partial charge < -0.3 is 10.4 Å². The van der Waals surface area contributed by atoms with E-state index in [1.54, 1.807) is 5.51 Å². The van der Waals surface area contributed by atoms with Gasteiger partial charge in [0.15, 0.2) is 0 Å². The minimum absolute atomic E-state index is 0.103. The van der Waals surface area contributed by atoms with Crippen molar-refractivity contribution in [1.29, 1.82) is 0 Å². The van der Waals surface area contributed by atoms with Gasteiger partial charge in [0, 0.05) is 10.6 Å². The Bertz CT molecular complexity index is 532. The van der Waals surface area contributed by atoms with E-state index in [1.807, 2.05) is 20.8 Å². The third-order valence-corrected chi connectivity index (χ3v) is 5.93. The van der Waals surface area contributed by atoms with Crippen LogP contribution in [0.25, 0.3) is 0 Å². The van der Waals surface area contributed by atoms with E-state index < -0.39 is 12.0 Å². The highest BCUT2D eigenvalue weighted by atomic mass is 32.2. The van der Waals surface area contributed by atoms with Crippen LogP contribution in [0.4, 0.5) is 4.79 Å². The lowest BCUT2D eigenvalue weighted by Crippen LogP contribution is -2.51. The summed E-state index contributed by atoms with van der Waals surface area (Å²) in [5, 5.41) is 12.0. The topological polar surface area (TPSA) is 82.5 Å². The van der Waals surface area contributed by atoms with Crippen LogP contribution in [0, 0.1) is 12.8 Å². The van der Waals surface area contributed by atoms with Gasteiger partial charge in [-0.25, -0.2) is 14.6 Å². The van der Waals surface area contributed by atoms with Crippen molar-refractivity contribution in [2.45, 2.75) is 38.7 Å². The van der Waals surface area contributed by atoms with Crippen molar-refractivity contribution in [2.75, 3.05) is 5.75 Å². The molecule has 1 fully saturated rings. The van der Waals surface area contributed by atoms with Crippen molar-refractivity contribution in [1.82, 2.24) is 15.2 Å². The number of aliphatic carboxylic acids is 1. The molecule has 0 aromatic carbocycles. The molecule has 1 aliphatic rings. The molecule has 2 rings (SSSR count). The molecular weight excluding hydrogens is 310 g/mol. The smallest absolute Gasteiger partial charge is 0.327 e. The molecule has 8 heteroatoms. The Hall–Kier alpha value is -1.28. The number of aromatic nitrogens is 1. The zero-order valence-corrected chi connectivity index (χ0v) is 13.8. The Morgan fingerprint density at radius 1 is 1.57 bits per heavy atom. The predicted molar refractivity (Wildman–Crippen MR) is 83.4 cm³/mol. The van der Waals surface area contributed by atoms with Gasteiger partial charge in [0.05, 0.1) is 23.1 Å². The van der Waals surface area contributed by atoms with Crippen LogP contribution in [-0.2, 0) is 11.3 Å². The number of carbonyl (C=O) groups excluding carboxylic acids is 1. The van der Waals surface area contributed by atoms with Crippen LogP contribution in [0.15, 0.2) is 5.51 Å². The Balaban J connectivity index is 2.06. The van der Waals surface area contributed by atoms with E-state index in [4.69, 9.17) is 0 Å². The lowest BCUT2D eigenvalue weighted by atomic mass is 10.2. The molecule has 116 valence electrons. The van der Waals surface area contributed by atoms with Crippen molar-refractivity contribution >= 4 is 35.1 Å². The van der Waals surface area contributed by atoms with E-state index in [9.17, 15) is 14.7 Å². The van der Waals surface area contributed by atoms with Crippen LogP contribution >= 0.6 is 23.1 Å². The maximum absolute atomic E-state index is 12.4. The van der Waals surface area contributed by atoms with Crippen molar-refractivity contribution in [3.63, 3.8) is 0 Å². The molecular formula is C13H19N3O3S2. The third kappa shape index (κ3) is 3.49. The largest absolute Gasteiger partial charge is 0.480 e. The van der Waals surface area contributed by atoms with Crippen LogP contribution in [0.2, 0.25) is 0 Å². The molecule has 1 saturated heterocycles. The molecule has 0 bridgehead atoms. The van der Waals surface area contributed by atoms with Crippen molar-refractivity contribution in [3.8, 4) is 0 Å². The lowest BCUT2D eigenvalue weighted by molar-refractivity contribution is -0.141. The molecule has 0 radical (unpaired) electrons. The van der Waals surface area contributed by atoms with Gasteiger partial charge in [-0.3, -0.25) is 4.90 Å². The van der Waals surface area contributed by atoms with Crippen molar-refractivity contribution in [3.05, 3.63) is 16.1 Å². The molecule has 6 nitrogen and oxygen atoms in total. The molecule has 2 atom stereocenters. The van der Waals surface area contributed by atoms with E-state index >= 15 is 0 Å². The first-order valence-electron chi connectivity index (χ1n) is 6.71. The normalized spacial score (nSPS) is 21.8. The monoisotopic (exact) mass is 329 g/mol. The summed E-state index contributed by atoms with van der Waals surface area (Å²) in [6.07, 6.45) is 0. The molecule has 0 saturated carbocycles. The fraction of sp³-hybridized carbons (Fsp3) is 0.615. The molecule has 1 aromatic heterocycles. The van der Waals surface area contributed by atoms with Crippen LogP contribution < -0.4 is 5.32 Å². The quantitative estimate of drug-likeness (QED) is 0.884. The molecule has 1 aliphatic heterocycles. The zero-order valence-electron chi connectivity index (χ0n) is 12.2. The number of nitrogens with zero attached hydrogens (tertiary/aromatic N) is 2. The number of carboxylic acid groups (broad SMARTS) is 1. The molecule has 2 unspecified atom stereocenters. The van der Waals surface area contributed by atoms with E-state index in [-0.39, 0.29) is 17.3 Å². The molecule has 2 amide bonds. The van der Waals surface area contributed by atoms with E-state index in [0.717, 1.165) is 10.6 Å². The van der Waals surface area contributed by atoms with Crippen LogP contribution in [0.1, 0.15) is 24.4 Å². The predicted octanol–water partition coefficient (Wildman–Crippen LogP) is 2.15. The number of thiazole rings is 1. The van der Waals surface area contributed by atoms with Gasteiger partial charge in [-0.15, -0.1) is 23.1 Å². The number of hydrogen-bond acceptors (Lipinski definition) is 5. The third-order valence-electron chi connectivity index (χ3n) is 3.37. The van der Waals surface area contributed by atoms with Gasteiger partial charge in [0.25, 0.3) is 0 Å². The molecule has 1 aromatic rings. The minimum Gasteiger partial charge on any atom is -0.480 e. The summed E-state index contributed by atoms with van der Waals surface area (Å²) in [4.78, 5) is 30.3. The Kier molecular flexibility index (Phi) is 5.10. The number of aryl methyl sites for hydroxylation is 1. The van der Waals surface area contributed by atoms with Crippen LogP contribution in [0.5, 0.6) is 0 Å². The second kappa shape index (κ2) is 6.65. The van der Waals surface area contributed by atoms with E-state index in [1.165, 1.54) is 28.0 Å². The lowest BCUT2D eigenvalue weighted by Gasteiger charge is -2.29. The minimum atomic E-state index is -0.949. The van der Waals surface area contributed by atoms with Gasteiger partial charge in [0.2, 0.25) is 0 Å². The number of carboxylic acids is 1. The summed E-state index contributed by atoms with van der Waals surface area (Å²) >= 11 is 3.01. The van der Waals surface area contributed by atoms with Gasteiger partial charge in [-0.1, -0.05) is 13.8 Å². The van der Waals surface area contributed by atoms with Gasteiger partial charge in [-0.05, 0) is 12.8 Å². The maximum atomic E-state index is 12.4.